The number of aromatic nitrogens is 2. The van der Waals surface area contributed by atoms with Crippen molar-refractivity contribution in [1.82, 2.24) is 9.55 Å². The van der Waals surface area contributed by atoms with Crippen LogP contribution >= 0.6 is 11.3 Å². The third-order valence-electron chi connectivity index (χ3n) is 4.84. The van der Waals surface area contributed by atoms with Crippen LogP contribution in [0, 0.1) is 20.8 Å². The normalized spacial score (nSPS) is 10.8. The summed E-state index contributed by atoms with van der Waals surface area (Å²) < 4.78 is 12.5. The van der Waals surface area contributed by atoms with Gasteiger partial charge in [-0.05, 0) is 58.0 Å². The maximum absolute atomic E-state index is 12.5. The van der Waals surface area contributed by atoms with Crippen LogP contribution in [-0.2, 0) is 11.3 Å². The van der Waals surface area contributed by atoms with E-state index in [1.807, 2.05) is 51.1 Å². The number of esters is 1. The van der Waals surface area contributed by atoms with Crippen molar-refractivity contribution >= 4 is 23.1 Å². The van der Waals surface area contributed by atoms with Crippen LogP contribution in [0.2, 0.25) is 0 Å². The molecule has 0 spiro atoms. The van der Waals surface area contributed by atoms with E-state index in [1.54, 1.807) is 14.0 Å². The van der Waals surface area contributed by atoms with Crippen LogP contribution in [0.1, 0.15) is 44.0 Å². The second-order valence-corrected chi connectivity index (χ2v) is 7.69. The SMILES string of the molecule is CCn1c(C)cc(C(=O)COC(=O)c2sc(-c3ccc(OC)cc3)nc2C)c1C. The van der Waals surface area contributed by atoms with Gasteiger partial charge in [-0.25, -0.2) is 9.78 Å². The summed E-state index contributed by atoms with van der Waals surface area (Å²) in [5, 5.41) is 0.718. The van der Waals surface area contributed by atoms with Crippen molar-refractivity contribution in [3.8, 4) is 16.3 Å². The minimum absolute atomic E-state index is 0.205. The standard InChI is InChI=1S/C22H24N2O4S/c1-6-24-13(2)11-18(15(24)4)19(25)12-28-22(26)20-14(3)23-21(29-20)16-7-9-17(27-5)10-8-16/h7-11H,6,12H2,1-5H3. The number of benzene rings is 1. The lowest BCUT2D eigenvalue weighted by atomic mass is 10.1. The Morgan fingerprint density at radius 3 is 2.41 bits per heavy atom. The summed E-state index contributed by atoms with van der Waals surface area (Å²) >= 11 is 1.25. The molecule has 0 saturated heterocycles. The summed E-state index contributed by atoms with van der Waals surface area (Å²) in [7, 11) is 1.61. The van der Waals surface area contributed by atoms with Crippen molar-refractivity contribution in [2.75, 3.05) is 13.7 Å². The van der Waals surface area contributed by atoms with Crippen LogP contribution in [-0.4, -0.2) is 35.0 Å². The minimum atomic E-state index is -0.530. The highest BCUT2D eigenvalue weighted by Crippen LogP contribution is 2.29. The van der Waals surface area contributed by atoms with Crippen LogP contribution in [0.15, 0.2) is 30.3 Å². The van der Waals surface area contributed by atoms with Gasteiger partial charge in [-0.3, -0.25) is 4.79 Å². The van der Waals surface area contributed by atoms with Crippen LogP contribution in [0.5, 0.6) is 5.75 Å². The maximum Gasteiger partial charge on any atom is 0.350 e. The second kappa shape index (κ2) is 8.61. The number of nitrogens with zero attached hydrogens (tertiary/aromatic N) is 2. The van der Waals surface area contributed by atoms with Crippen LogP contribution < -0.4 is 4.74 Å². The minimum Gasteiger partial charge on any atom is -0.497 e. The average Bonchev–Trinajstić information content (AvgIpc) is 3.25. The van der Waals surface area contributed by atoms with Gasteiger partial charge in [0.15, 0.2) is 6.61 Å². The van der Waals surface area contributed by atoms with Crippen LogP contribution in [0.4, 0.5) is 0 Å². The lowest BCUT2D eigenvalue weighted by Crippen LogP contribution is -2.15. The van der Waals surface area contributed by atoms with Crippen molar-refractivity contribution in [1.29, 1.82) is 0 Å². The summed E-state index contributed by atoms with van der Waals surface area (Å²) in [6.07, 6.45) is 0. The molecule has 6 nitrogen and oxygen atoms in total. The van der Waals surface area contributed by atoms with Crippen LogP contribution in [0.3, 0.4) is 0 Å². The molecule has 0 aliphatic heterocycles. The molecule has 2 heterocycles. The molecule has 3 rings (SSSR count). The van der Waals surface area contributed by atoms with E-state index in [2.05, 4.69) is 9.55 Å². The fourth-order valence-electron chi connectivity index (χ4n) is 3.29. The number of thiazole rings is 1. The van der Waals surface area contributed by atoms with Crippen molar-refractivity contribution in [2.45, 2.75) is 34.2 Å². The molecule has 0 atom stereocenters. The number of ketones is 1. The molecule has 0 fully saturated rings. The topological polar surface area (TPSA) is 70.4 Å². The van der Waals surface area contributed by atoms with E-state index >= 15 is 0 Å². The molecule has 0 saturated carbocycles. The Hall–Kier alpha value is -2.93. The predicted octanol–water partition coefficient (Wildman–Crippen LogP) is 4.61. The van der Waals surface area contributed by atoms with Gasteiger partial charge in [0.2, 0.25) is 5.78 Å². The smallest absolute Gasteiger partial charge is 0.350 e. The zero-order chi connectivity index (χ0) is 21.1. The number of Topliss-reactive ketones (excluding diaryl/α,β-unsaturated/α-hetero) is 1. The van der Waals surface area contributed by atoms with Gasteiger partial charge < -0.3 is 14.0 Å². The molecule has 0 unspecified atom stereocenters. The van der Waals surface area contributed by atoms with Gasteiger partial charge in [-0.1, -0.05) is 0 Å². The van der Waals surface area contributed by atoms with E-state index < -0.39 is 5.97 Å². The van der Waals surface area contributed by atoms with E-state index in [9.17, 15) is 9.59 Å². The molecule has 2 aromatic heterocycles. The van der Waals surface area contributed by atoms with E-state index in [4.69, 9.17) is 9.47 Å². The summed E-state index contributed by atoms with van der Waals surface area (Å²) in [6.45, 7) is 8.15. The summed E-state index contributed by atoms with van der Waals surface area (Å²) in [5.74, 6) is 0.0173. The number of hydrogen-bond donors (Lipinski definition) is 0. The van der Waals surface area contributed by atoms with E-state index in [-0.39, 0.29) is 12.4 Å². The number of methoxy groups -OCH3 is 1. The fourth-order valence-corrected chi connectivity index (χ4v) is 4.25. The van der Waals surface area contributed by atoms with Gasteiger partial charge in [0.25, 0.3) is 0 Å². The van der Waals surface area contributed by atoms with Crippen molar-refractivity contribution in [3.05, 3.63) is 57.9 Å². The number of hydrogen-bond acceptors (Lipinski definition) is 6. The van der Waals surface area contributed by atoms with Crippen molar-refractivity contribution < 1.29 is 19.1 Å². The maximum atomic E-state index is 12.5. The molecule has 0 aliphatic rings. The molecule has 3 aromatic rings. The fraction of sp³-hybridized carbons (Fsp3) is 0.318. The number of rotatable bonds is 7. The van der Waals surface area contributed by atoms with Gasteiger partial charge in [-0.15, -0.1) is 11.3 Å². The largest absolute Gasteiger partial charge is 0.497 e. The Labute approximate surface area is 174 Å². The van der Waals surface area contributed by atoms with Gasteiger partial charge >= 0.3 is 5.97 Å². The number of carbonyl (C=O) groups excluding carboxylic acids is 2. The van der Waals surface area contributed by atoms with Crippen molar-refractivity contribution in [3.63, 3.8) is 0 Å². The molecule has 152 valence electrons. The molecule has 7 heteroatoms. The third kappa shape index (κ3) is 4.24. The Kier molecular flexibility index (Phi) is 6.17. The molecule has 1 aromatic carbocycles. The molecule has 29 heavy (non-hydrogen) atoms. The number of aryl methyl sites for hydroxylation is 2. The Morgan fingerprint density at radius 2 is 1.83 bits per heavy atom. The Bertz CT molecular complexity index is 1050. The monoisotopic (exact) mass is 412 g/mol. The zero-order valence-corrected chi connectivity index (χ0v) is 18.1. The number of ether oxygens (including phenoxy) is 2. The quantitative estimate of drug-likeness (QED) is 0.419. The Morgan fingerprint density at radius 1 is 1.14 bits per heavy atom. The first-order valence-electron chi connectivity index (χ1n) is 9.34. The predicted molar refractivity (Wildman–Crippen MR) is 113 cm³/mol. The molecule has 0 radical (unpaired) electrons. The summed E-state index contributed by atoms with van der Waals surface area (Å²) in [5.41, 5.74) is 3.98. The highest BCUT2D eigenvalue weighted by Gasteiger charge is 2.21. The third-order valence-corrected chi connectivity index (χ3v) is 6.03. The highest BCUT2D eigenvalue weighted by atomic mass is 32.1. The molecule has 0 N–H and O–H groups in total. The second-order valence-electron chi connectivity index (χ2n) is 6.69. The first kappa shape index (κ1) is 20.8. The van der Waals surface area contributed by atoms with E-state index in [1.165, 1.54) is 11.3 Å². The molecule has 0 amide bonds. The zero-order valence-electron chi connectivity index (χ0n) is 17.2. The molecular formula is C22H24N2O4S. The van der Waals surface area contributed by atoms with Crippen molar-refractivity contribution in [2.24, 2.45) is 0 Å². The molecule has 0 bridgehead atoms. The van der Waals surface area contributed by atoms with E-state index in [0.717, 1.165) is 34.3 Å². The summed E-state index contributed by atoms with van der Waals surface area (Å²) in [4.78, 5) is 29.9. The van der Waals surface area contributed by atoms with Crippen LogP contribution in [0.25, 0.3) is 10.6 Å². The van der Waals surface area contributed by atoms with Gasteiger partial charge in [0.1, 0.15) is 15.6 Å². The van der Waals surface area contributed by atoms with Gasteiger partial charge in [0, 0.05) is 29.1 Å². The molecular weight excluding hydrogens is 388 g/mol. The van der Waals surface area contributed by atoms with Gasteiger partial charge in [-0.2, -0.15) is 0 Å². The van der Waals surface area contributed by atoms with E-state index in [0.29, 0.717) is 16.1 Å². The molecule has 0 aliphatic carbocycles. The lowest BCUT2D eigenvalue weighted by molar-refractivity contribution is 0.0478. The number of carbonyl (C=O) groups is 2. The lowest BCUT2D eigenvalue weighted by Gasteiger charge is -2.06. The summed E-state index contributed by atoms with van der Waals surface area (Å²) in [6, 6.07) is 9.30. The Balaban J connectivity index is 1.71. The first-order valence-corrected chi connectivity index (χ1v) is 10.2. The highest BCUT2D eigenvalue weighted by molar-refractivity contribution is 7.17. The first-order chi connectivity index (χ1) is 13.8. The average molecular weight is 413 g/mol. The van der Waals surface area contributed by atoms with Gasteiger partial charge in [0.05, 0.1) is 12.8 Å².